The van der Waals surface area contributed by atoms with Gasteiger partial charge in [-0.3, -0.25) is 9.59 Å². The number of carbonyl (C=O) groups excluding carboxylic acids is 2. The zero-order chi connectivity index (χ0) is 17.2. The average molecular weight is 325 g/mol. The van der Waals surface area contributed by atoms with Crippen LogP contribution in [0, 0.1) is 0 Å². The Morgan fingerprint density at radius 3 is 2.39 bits per heavy atom. The van der Waals surface area contributed by atoms with E-state index in [1.165, 1.54) is 19.1 Å². The van der Waals surface area contributed by atoms with Crippen LogP contribution in [0.4, 0.5) is 0 Å². The second kappa shape index (κ2) is 9.68. The van der Waals surface area contributed by atoms with E-state index in [9.17, 15) is 9.59 Å². The lowest BCUT2D eigenvalue weighted by atomic mass is 10.1. The van der Waals surface area contributed by atoms with Crippen molar-refractivity contribution in [2.45, 2.75) is 13.3 Å². The maximum absolute atomic E-state index is 12.5. The summed E-state index contributed by atoms with van der Waals surface area (Å²) in [6, 6.07) is 4.81. The lowest BCUT2D eigenvalue weighted by Gasteiger charge is -2.22. The van der Waals surface area contributed by atoms with Crippen LogP contribution in [-0.2, 0) is 9.53 Å². The molecule has 0 spiro atoms. The molecule has 23 heavy (non-hydrogen) atoms. The number of hydrogen-bond acceptors (Lipinski definition) is 6. The van der Waals surface area contributed by atoms with Gasteiger partial charge in [-0.05, 0) is 25.1 Å². The molecule has 7 heteroatoms. The Bertz CT molecular complexity index is 531. The Morgan fingerprint density at radius 1 is 1.13 bits per heavy atom. The van der Waals surface area contributed by atoms with Gasteiger partial charge >= 0.3 is 5.97 Å². The Morgan fingerprint density at radius 2 is 1.83 bits per heavy atom. The van der Waals surface area contributed by atoms with Crippen LogP contribution in [0.1, 0.15) is 23.7 Å². The number of hydrogen-bond donors (Lipinski definition) is 1. The molecule has 0 aromatic heterocycles. The van der Waals surface area contributed by atoms with Crippen molar-refractivity contribution in [1.29, 1.82) is 0 Å². The quantitative estimate of drug-likeness (QED) is 0.684. The van der Waals surface area contributed by atoms with Crippen LogP contribution in [-0.4, -0.2) is 62.4 Å². The summed E-state index contributed by atoms with van der Waals surface area (Å²) in [7, 11) is 3.00. The molecule has 1 N–H and O–H groups in total. The maximum Gasteiger partial charge on any atom is 0.307 e. The van der Waals surface area contributed by atoms with Gasteiger partial charge in [-0.25, -0.2) is 0 Å². The van der Waals surface area contributed by atoms with Crippen molar-refractivity contribution in [3.05, 3.63) is 23.8 Å². The van der Waals surface area contributed by atoms with E-state index in [0.29, 0.717) is 23.7 Å². The molecule has 0 atom stereocenters. The average Bonchev–Trinajstić information content (AvgIpc) is 2.57. The molecule has 0 bridgehead atoms. The predicted molar refractivity (Wildman–Crippen MR) is 83.8 cm³/mol. The van der Waals surface area contributed by atoms with E-state index in [4.69, 9.17) is 19.3 Å². The van der Waals surface area contributed by atoms with Gasteiger partial charge in [0.25, 0.3) is 5.91 Å². The van der Waals surface area contributed by atoms with Gasteiger partial charge in [-0.15, -0.1) is 0 Å². The molecule has 0 aliphatic rings. The van der Waals surface area contributed by atoms with Crippen molar-refractivity contribution in [2.24, 2.45) is 0 Å². The molecule has 0 aliphatic carbocycles. The second-order valence-electron chi connectivity index (χ2n) is 4.64. The van der Waals surface area contributed by atoms with Gasteiger partial charge < -0.3 is 24.2 Å². The molecule has 0 aliphatic heterocycles. The second-order valence-corrected chi connectivity index (χ2v) is 4.64. The number of carbonyl (C=O) groups is 2. The number of methoxy groups -OCH3 is 2. The first-order valence-corrected chi connectivity index (χ1v) is 7.35. The molecular formula is C16H23NO6. The Labute approximate surface area is 135 Å². The Balaban J connectivity index is 2.86. The number of esters is 1. The van der Waals surface area contributed by atoms with Gasteiger partial charge in [0.2, 0.25) is 0 Å². The molecule has 1 aromatic carbocycles. The van der Waals surface area contributed by atoms with Crippen LogP contribution < -0.4 is 9.47 Å². The Hall–Kier alpha value is -2.28. The van der Waals surface area contributed by atoms with Crippen molar-refractivity contribution in [3.63, 3.8) is 0 Å². The third-order valence-electron chi connectivity index (χ3n) is 3.18. The molecule has 0 heterocycles. The van der Waals surface area contributed by atoms with Crippen LogP contribution in [0.25, 0.3) is 0 Å². The largest absolute Gasteiger partial charge is 0.493 e. The highest BCUT2D eigenvalue weighted by atomic mass is 16.5. The monoisotopic (exact) mass is 325 g/mol. The lowest BCUT2D eigenvalue weighted by molar-refractivity contribution is -0.143. The number of aliphatic hydroxyl groups is 1. The molecule has 0 unspecified atom stereocenters. The van der Waals surface area contributed by atoms with Crippen molar-refractivity contribution in [2.75, 3.05) is 40.5 Å². The van der Waals surface area contributed by atoms with Crippen molar-refractivity contribution >= 4 is 11.9 Å². The van der Waals surface area contributed by atoms with Crippen LogP contribution in [0.5, 0.6) is 11.5 Å². The van der Waals surface area contributed by atoms with E-state index >= 15 is 0 Å². The van der Waals surface area contributed by atoms with Gasteiger partial charge in [0, 0.05) is 18.7 Å². The van der Waals surface area contributed by atoms with Gasteiger partial charge in [0.1, 0.15) is 0 Å². The van der Waals surface area contributed by atoms with E-state index in [-0.39, 0.29) is 38.0 Å². The summed E-state index contributed by atoms with van der Waals surface area (Å²) in [5.74, 6) is 0.275. The zero-order valence-corrected chi connectivity index (χ0v) is 13.7. The van der Waals surface area contributed by atoms with Crippen LogP contribution in [0.2, 0.25) is 0 Å². The van der Waals surface area contributed by atoms with Gasteiger partial charge in [-0.2, -0.15) is 0 Å². The third-order valence-corrected chi connectivity index (χ3v) is 3.18. The summed E-state index contributed by atoms with van der Waals surface area (Å²) in [6.45, 7) is 2.13. The molecule has 1 aromatic rings. The molecule has 0 saturated carbocycles. The predicted octanol–water partition coefficient (Wildman–Crippen LogP) is 1.09. The van der Waals surface area contributed by atoms with Crippen molar-refractivity contribution in [3.8, 4) is 11.5 Å². The molecule has 128 valence electrons. The molecule has 0 radical (unpaired) electrons. The first-order valence-electron chi connectivity index (χ1n) is 7.35. The van der Waals surface area contributed by atoms with Crippen molar-refractivity contribution in [1.82, 2.24) is 4.90 Å². The number of rotatable bonds is 9. The SMILES string of the molecule is CCOC(=O)CCN(CCO)C(=O)c1ccc(OC)c(OC)c1. The molecule has 0 saturated heterocycles. The van der Waals surface area contributed by atoms with Crippen molar-refractivity contribution < 1.29 is 28.9 Å². The highest BCUT2D eigenvalue weighted by molar-refractivity contribution is 5.95. The third kappa shape index (κ3) is 5.45. The Kier molecular flexibility index (Phi) is 7.90. The molecular weight excluding hydrogens is 302 g/mol. The van der Waals surface area contributed by atoms with Crippen LogP contribution >= 0.6 is 0 Å². The van der Waals surface area contributed by atoms with E-state index in [1.807, 2.05) is 0 Å². The molecule has 1 rings (SSSR count). The van der Waals surface area contributed by atoms with E-state index in [1.54, 1.807) is 25.1 Å². The van der Waals surface area contributed by atoms with Crippen LogP contribution in [0.15, 0.2) is 18.2 Å². The fraction of sp³-hybridized carbons (Fsp3) is 0.500. The minimum absolute atomic E-state index is 0.0763. The van der Waals surface area contributed by atoms with E-state index < -0.39 is 0 Å². The number of ether oxygens (including phenoxy) is 3. The number of benzene rings is 1. The summed E-state index contributed by atoms with van der Waals surface area (Å²) in [5.41, 5.74) is 0.389. The lowest BCUT2D eigenvalue weighted by Crippen LogP contribution is -2.35. The smallest absolute Gasteiger partial charge is 0.307 e. The summed E-state index contributed by atoms with van der Waals surface area (Å²) >= 11 is 0. The topological polar surface area (TPSA) is 85.3 Å². The molecule has 0 fully saturated rings. The number of nitrogens with zero attached hydrogens (tertiary/aromatic N) is 1. The minimum atomic E-state index is -0.379. The van der Waals surface area contributed by atoms with Crippen LogP contribution in [0.3, 0.4) is 0 Å². The summed E-state index contributed by atoms with van der Waals surface area (Å²) in [4.78, 5) is 25.4. The van der Waals surface area contributed by atoms with E-state index in [0.717, 1.165) is 0 Å². The van der Waals surface area contributed by atoms with Gasteiger partial charge in [-0.1, -0.05) is 0 Å². The molecule has 1 amide bonds. The highest BCUT2D eigenvalue weighted by Crippen LogP contribution is 2.28. The first-order chi connectivity index (χ1) is 11.1. The first kappa shape index (κ1) is 18.8. The number of amides is 1. The fourth-order valence-electron chi connectivity index (χ4n) is 2.05. The van der Waals surface area contributed by atoms with Gasteiger partial charge in [0.15, 0.2) is 11.5 Å². The van der Waals surface area contributed by atoms with Gasteiger partial charge in [0.05, 0.1) is 33.9 Å². The maximum atomic E-state index is 12.5. The zero-order valence-electron chi connectivity index (χ0n) is 13.7. The summed E-state index contributed by atoms with van der Waals surface area (Å²) < 4.78 is 15.2. The summed E-state index contributed by atoms with van der Waals surface area (Å²) in [5, 5.41) is 9.13. The highest BCUT2D eigenvalue weighted by Gasteiger charge is 2.18. The normalized spacial score (nSPS) is 10.1. The summed E-state index contributed by atoms with van der Waals surface area (Å²) in [6.07, 6.45) is 0.0763. The van der Waals surface area contributed by atoms with E-state index in [2.05, 4.69) is 0 Å². The number of aliphatic hydroxyl groups excluding tert-OH is 1. The standard InChI is InChI=1S/C16H23NO6/c1-4-23-15(19)7-8-17(9-10-18)16(20)12-5-6-13(21-2)14(11-12)22-3/h5-6,11,18H,4,7-10H2,1-3H3. The fourth-order valence-corrected chi connectivity index (χ4v) is 2.05. The minimum Gasteiger partial charge on any atom is -0.493 e. The molecule has 7 nitrogen and oxygen atoms in total.